The molecule has 1 fully saturated rings. The molecule has 0 saturated heterocycles. The maximum atomic E-state index is 13.8. The fourth-order valence-corrected chi connectivity index (χ4v) is 3.34. The van der Waals surface area contributed by atoms with Gasteiger partial charge in [0.1, 0.15) is 11.4 Å². The third kappa shape index (κ3) is 4.56. The van der Waals surface area contributed by atoms with Gasteiger partial charge in [0.25, 0.3) is 10.1 Å². The largest absolute Gasteiger partial charge is 0.376 e. The fourth-order valence-electron chi connectivity index (χ4n) is 2.46. The number of rotatable bonds is 6. The van der Waals surface area contributed by atoms with E-state index in [4.69, 9.17) is 9.29 Å². The van der Waals surface area contributed by atoms with Crippen LogP contribution in [0.5, 0.6) is 0 Å². The van der Waals surface area contributed by atoms with E-state index in [0.29, 0.717) is 13.2 Å². The van der Waals surface area contributed by atoms with Crippen molar-refractivity contribution < 1.29 is 22.1 Å². The van der Waals surface area contributed by atoms with Crippen molar-refractivity contribution in [3.05, 3.63) is 35.9 Å². The summed E-state index contributed by atoms with van der Waals surface area (Å²) in [6, 6.07) is 9.64. The molecule has 2 rings (SSSR count). The summed E-state index contributed by atoms with van der Waals surface area (Å²) in [7, 11) is -4.25. The molecule has 0 atom stereocenters. The van der Waals surface area contributed by atoms with Gasteiger partial charge >= 0.3 is 0 Å². The molecule has 1 saturated carbocycles. The summed E-state index contributed by atoms with van der Waals surface area (Å²) in [6.07, 6.45) is 0.253. The molecule has 0 radical (unpaired) electrons. The molecule has 1 aromatic rings. The van der Waals surface area contributed by atoms with Crippen LogP contribution in [0.25, 0.3) is 0 Å². The van der Waals surface area contributed by atoms with Gasteiger partial charge in [0.15, 0.2) is 0 Å². The highest BCUT2D eigenvalue weighted by Gasteiger charge is 2.47. The van der Waals surface area contributed by atoms with Gasteiger partial charge in [0.05, 0.1) is 13.2 Å². The molecule has 0 bridgehead atoms. The fraction of sp³-hybridized carbons (Fsp3) is 0.538. The minimum absolute atomic E-state index is 0.0236. The Balaban J connectivity index is 1.68. The summed E-state index contributed by atoms with van der Waals surface area (Å²) in [5.41, 5.74) is -0.736. The Hall–Kier alpha value is -0.980. The lowest BCUT2D eigenvalue weighted by Gasteiger charge is -2.40. The molecule has 0 spiro atoms. The van der Waals surface area contributed by atoms with Gasteiger partial charge in [-0.15, -0.1) is 0 Å². The molecular weight excluding hydrogens is 271 g/mol. The van der Waals surface area contributed by atoms with Gasteiger partial charge in [-0.2, -0.15) is 8.42 Å². The summed E-state index contributed by atoms with van der Waals surface area (Å²) in [4.78, 5) is 0. The summed E-state index contributed by atoms with van der Waals surface area (Å²) in [5.74, 6) is -0.787. The van der Waals surface area contributed by atoms with Crippen molar-refractivity contribution in [1.82, 2.24) is 0 Å². The molecular formula is C13H17FO4S. The predicted octanol–water partition coefficient (Wildman–Crippen LogP) is 2.21. The van der Waals surface area contributed by atoms with Crippen LogP contribution >= 0.6 is 0 Å². The highest BCUT2D eigenvalue weighted by Crippen LogP contribution is 2.42. The summed E-state index contributed by atoms with van der Waals surface area (Å²) in [5, 5.41) is 0. The third-order valence-corrected chi connectivity index (χ3v) is 4.10. The first-order valence-corrected chi connectivity index (χ1v) is 7.73. The first-order valence-electron chi connectivity index (χ1n) is 6.12. The molecule has 4 nitrogen and oxygen atoms in total. The zero-order valence-corrected chi connectivity index (χ0v) is 11.3. The van der Waals surface area contributed by atoms with Gasteiger partial charge in [-0.1, -0.05) is 30.3 Å². The molecule has 0 unspecified atom stereocenters. The van der Waals surface area contributed by atoms with Gasteiger partial charge in [0, 0.05) is 0 Å². The van der Waals surface area contributed by atoms with Crippen LogP contribution in [0.3, 0.4) is 0 Å². The van der Waals surface area contributed by atoms with E-state index in [0.717, 1.165) is 5.56 Å². The van der Waals surface area contributed by atoms with Gasteiger partial charge in [0.2, 0.25) is 0 Å². The molecule has 6 heteroatoms. The van der Waals surface area contributed by atoms with E-state index in [9.17, 15) is 12.8 Å². The van der Waals surface area contributed by atoms with Crippen molar-refractivity contribution in [3.63, 3.8) is 0 Å². The van der Waals surface area contributed by atoms with Crippen LogP contribution in [0.2, 0.25) is 0 Å². The number of hydrogen-bond donors (Lipinski definition) is 1. The lowest BCUT2D eigenvalue weighted by Crippen LogP contribution is -2.46. The Morgan fingerprint density at radius 2 is 1.95 bits per heavy atom. The average Bonchev–Trinajstić information content (AvgIpc) is 2.26. The van der Waals surface area contributed by atoms with E-state index < -0.39 is 21.5 Å². The van der Waals surface area contributed by atoms with E-state index in [-0.39, 0.29) is 18.8 Å². The topological polar surface area (TPSA) is 63.6 Å². The normalized spacial score (nSPS) is 26.9. The number of alkyl halides is 1. The molecule has 0 aliphatic heterocycles. The van der Waals surface area contributed by atoms with Crippen molar-refractivity contribution in [2.75, 3.05) is 12.4 Å². The highest BCUT2D eigenvalue weighted by molar-refractivity contribution is 7.85. The lowest BCUT2D eigenvalue weighted by atomic mass is 9.74. The maximum Gasteiger partial charge on any atom is 0.268 e. The van der Waals surface area contributed by atoms with Crippen molar-refractivity contribution in [2.45, 2.75) is 25.1 Å². The van der Waals surface area contributed by atoms with E-state index >= 15 is 0 Å². The van der Waals surface area contributed by atoms with Crippen molar-refractivity contribution in [1.29, 1.82) is 0 Å². The molecule has 106 valence electrons. The molecule has 0 heterocycles. The first-order chi connectivity index (χ1) is 8.86. The minimum Gasteiger partial charge on any atom is -0.376 e. The van der Waals surface area contributed by atoms with Crippen LogP contribution in [-0.4, -0.2) is 31.0 Å². The van der Waals surface area contributed by atoms with Crippen LogP contribution in [0.15, 0.2) is 30.3 Å². The Bertz CT molecular complexity index is 509. The average molecular weight is 288 g/mol. The smallest absolute Gasteiger partial charge is 0.268 e. The zero-order chi connectivity index (χ0) is 13.9. The molecule has 1 aliphatic carbocycles. The number of hydrogen-bond acceptors (Lipinski definition) is 3. The molecule has 1 aromatic carbocycles. The number of ether oxygens (including phenoxy) is 1. The highest BCUT2D eigenvalue weighted by atomic mass is 32.2. The minimum atomic E-state index is -4.25. The Labute approximate surface area is 112 Å². The molecule has 19 heavy (non-hydrogen) atoms. The van der Waals surface area contributed by atoms with Gasteiger partial charge in [-0.05, 0) is 24.3 Å². The van der Waals surface area contributed by atoms with Crippen LogP contribution in [-0.2, 0) is 21.5 Å². The standard InChI is InChI=1S/C13H17FO4S/c14-13(10-19(15,16)17)6-12(7-13)9-18-8-11-4-2-1-3-5-11/h1-5,12H,6-10H2,(H,15,16,17). The monoisotopic (exact) mass is 288 g/mol. The van der Waals surface area contributed by atoms with Crippen LogP contribution in [0.4, 0.5) is 4.39 Å². The lowest BCUT2D eigenvalue weighted by molar-refractivity contribution is -0.0286. The van der Waals surface area contributed by atoms with E-state index in [1.165, 1.54) is 0 Å². The van der Waals surface area contributed by atoms with E-state index in [1.807, 2.05) is 30.3 Å². The number of halogens is 1. The SMILES string of the molecule is O=S(=O)(O)CC1(F)CC(COCc2ccccc2)C1. The van der Waals surface area contributed by atoms with Gasteiger partial charge < -0.3 is 4.74 Å². The number of benzene rings is 1. The van der Waals surface area contributed by atoms with Crippen molar-refractivity contribution in [3.8, 4) is 0 Å². The second-order valence-corrected chi connectivity index (χ2v) is 6.60. The molecule has 0 aromatic heterocycles. The van der Waals surface area contributed by atoms with Crippen LogP contribution in [0, 0.1) is 5.92 Å². The summed E-state index contributed by atoms with van der Waals surface area (Å²) >= 11 is 0. The van der Waals surface area contributed by atoms with Crippen molar-refractivity contribution in [2.24, 2.45) is 5.92 Å². The van der Waals surface area contributed by atoms with Crippen LogP contribution in [0.1, 0.15) is 18.4 Å². The third-order valence-electron chi connectivity index (χ3n) is 3.22. The quantitative estimate of drug-likeness (QED) is 0.815. The van der Waals surface area contributed by atoms with E-state index in [1.54, 1.807) is 0 Å². The summed E-state index contributed by atoms with van der Waals surface area (Å²) in [6.45, 7) is 0.876. The first kappa shape index (κ1) is 14.4. The maximum absolute atomic E-state index is 13.8. The molecule has 0 amide bonds. The Morgan fingerprint density at radius 1 is 1.32 bits per heavy atom. The summed E-state index contributed by atoms with van der Waals surface area (Å²) < 4.78 is 49.2. The van der Waals surface area contributed by atoms with Gasteiger partial charge in [-0.25, -0.2) is 4.39 Å². The van der Waals surface area contributed by atoms with Crippen molar-refractivity contribution >= 4 is 10.1 Å². The zero-order valence-electron chi connectivity index (χ0n) is 10.5. The second kappa shape index (κ2) is 5.56. The Morgan fingerprint density at radius 3 is 2.53 bits per heavy atom. The van der Waals surface area contributed by atoms with Crippen LogP contribution < -0.4 is 0 Å². The van der Waals surface area contributed by atoms with E-state index in [2.05, 4.69) is 0 Å². The van der Waals surface area contributed by atoms with Gasteiger partial charge in [-0.3, -0.25) is 4.55 Å². The second-order valence-electron chi connectivity index (χ2n) is 5.15. The predicted molar refractivity (Wildman–Crippen MR) is 69.1 cm³/mol. The molecule has 1 N–H and O–H groups in total. The Kier molecular flexibility index (Phi) is 4.23. The molecule has 1 aliphatic rings.